The number of H-pyrrole nitrogens is 1. The van der Waals surface area contributed by atoms with Crippen molar-refractivity contribution in [1.82, 2.24) is 14.8 Å². The second-order valence-corrected chi connectivity index (χ2v) is 10.3. The van der Waals surface area contributed by atoms with Crippen LogP contribution in [-0.2, 0) is 14.9 Å². The highest BCUT2D eigenvalue weighted by molar-refractivity contribution is 6.00. The summed E-state index contributed by atoms with van der Waals surface area (Å²) in [5.74, 6) is -2.15. The molecule has 2 aromatic carbocycles. The molecule has 4 aromatic rings. The zero-order valence-electron chi connectivity index (χ0n) is 20.3. The number of hydrogen-bond acceptors (Lipinski definition) is 3. The Hall–Kier alpha value is -3.26. The molecule has 2 aromatic heterocycles. The van der Waals surface area contributed by atoms with Gasteiger partial charge in [0.25, 0.3) is 0 Å². The number of methoxy groups -OCH3 is 1. The topological polar surface area (TPSA) is 80.1 Å². The third-order valence-corrected chi connectivity index (χ3v) is 7.38. The lowest BCUT2D eigenvalue weighted by molar-refractivity contribution is -0.141. The largest absolute Gasteiger partial charge is 0.481 e. The van der Waals surface area contributed by atoms with Crippen molar-refractivity contribution in [3.63, 3.8) is 0 Å². The van der Waals surface area contributed by atoms with Gasteiger partial charge in [0, 0.05) is 34.7 Å². The van der Waals surface area contributed by atoms with Gasteiger partial charge in [-0.25, -0.2) is 8.78 Å². The number of fused-ring (bicyclic) bond motifs is 2. The molecule has 1 aliphatic carbocycles. The van der Waals surface area contributed by atoms with E-state index in [0.29, 0.717) is 58.9 Å². The van der Waals surface area contributed by atoms with Gasteiger partial charge in [-0.1, -0.05) is 13.8 Å². The van der Waals surface area contributed by atoms with Crippen LogP contribution in [0.25, 0.3) is 27.5 Å². The van der Waals surface area contributed by atoms with Crippen molar-refractivity contribution in [3.05, 3.63) is 58.9 Å². The molecule has 0 bridgehead atoms. The molecule has 1 saturated carbocycles. The molecule has 184 valence electrons. The van der Waals surface area contributed by atoms with Crippen molar-refractivity contribution in [2.24, 2.45) is 5.92 Å². The van der Waals surface area contributed by atoms with Crippen LogP contribution >= 0.6 is 0 Å². The zero-order valence-corrected chi connectivity index (χ0v) is 20.3. The first-order chi connectivity index (χ1) is 16.6. The fraction of sp³-hybridized carbons (Fsp3) is 0.407. The van der Waals surface area contributed by atoms with Gasteiger partial charge < -0.3 is 14.4 Å². The van der Waals surface area contributed by atoms with Crippen LogP contribution in [0.3, 0.4) is 0 Å². The summed E-state index contributed by atoms with van der Waals surface area (Å²) >= 11 is 0. The minimum absolute atomic E-state index is 0.137. The van der Waals surface area contributed by atoms with Crippen LogP contribution < -0.4 is 0 Å². The lowest BCUT2D eigenvalue weighted by Gasteiger charge is -2.29. The number of aromatic nitrogens is 3. The Bertz CT molecular complexity index is 1450. The number of halogens is 2. The van der Waals surface area contributed by atoms with Gasteiger partial charge in [0.05, 0.1) is 24.2 Å². The first-order valence-electron chi connectivity index (χ1n) is 11.8. The number of aromatic amines is 1. The number of rotatable bonds is 6. The van der Waals surface area contributed by atoms with Crippen LogP contribution in [-0.4, -0.2) is 39.6 Å². The fourth-order valence-electron chi connectivity index (χ4n) is 5.83. The highest BCUT2D eigenvalue weighted by Crippen LogP contribution is 2.49. The molecule has 0 unspecified atom stereocenters. The summed E-state index contributed by atoms with van der Waals surface area (Å²) in [5.41, 5.74) is 3.28. The van der Waals surface area contributed by atoms with Gasteiger partial charge in [0.2, 0.25) is 0 Å². The van der Waals surface area contributed by atoms with Crippen LogP contribution in [0.1, 0.15) is 55.8 Å². The summed E-state index contributed by atoms with van der Waals surface area (Å²) < 4.78 is 38.0. The van der Waals surface area contributed by atoms with Gasteiger partial charge >= 0.3 is 5.97 Å². The SMILES string of the molecule is COCC(C)(C)c1c([C@@H]2CC[C@@H](C(=O)O)C2)c2c(F)c3[nH]ncc3cc2n1-c1ccc(F)c(C)c1. The Morgan fingerprint density at radius 2 is 2.06 bits per heavy atom. The molecule has 2 N–H and O–H groups in total. The predicted molar refractivity (Wildman–Crippen MR) is 130 cm³/mol. The van der Waals surface area contributed by atoms with Crippen LogP contribution in [0, 0.1) is 24.5 Å². The van der Waals surface area contributed by atoms with E-state index in [-0.39, 0.29) is 11.7 Å². The lowest BCUT2D eigenvalue weighted by Crippen LogP contribution is -2.28. The zero-order chi connectivity index (χ0) is 25.1. The number of carboxylic acid groups (broad SMARTS) is 1. The van der Waals surface area contributed by atoms with Crippen molar-refractivity contribution >= 4 is 27.8 Å². The maximum atomic E-state index is 16.2. The first kappa shape index (κ1) is 23.5. The molecule has 0 spiro atoms. The highest BCUT2D eigenvalue weighted by atomic mass is 19.1. The van der Waals surface area contributed by atoms with E-state index in [0.717, 1.165) is 11.3 Å². The van der Waals surface area contributed by atoms with Gasteiger partial charge in [-0.15, -0.1) is 0 Å². The van der Waals surface area contributed by atoms with E-state index in [9.17, 15) is 14.3 Å². The minimum Gasteiger partial charge on any atom is -0.481 e. The monoisotopic (exact) mass is 481 g/mol. The van der Waals surface area contributed by atoms with E-state index in [1.165, 1.54) is 6.07 Å². The summed E-state index contributed by atoms with van der Waals surface area (Å²) in [4.78, 5) is 11.8. The number of carboxylic acids is 1. The first-order valence-corrected chi connectivity index (χ1v) is 11.8. The second kappa shape index (κ2) is 8.45. The third-order valence-electron chi connectivity index (χ3n) is 7.38. The van der Waals surface area contributed by atoms with Crippen molar-refractivity contribution in [2.45, 2.75) is 51.4 Å². The number of aliphatic carboxylic acids is 1. The molecule has 2 atom stereocenters. The molecule has 6 nitrogen and oxygen atoms in total. The average molecular weight is 482 g/mol. The van der Waals surface area contributed by atoms with Crippen LogP contribution in [0.4, 0.5) is 8.78 Å². The van der Waals surface area contributed by atoms with Crippen LogP contribution in [0.2, 0.25) is 0 Å². The number of nitrogens with one attached hydrogen (secondary N) is 1. The molecule has 0 saturated heterocycles. The highest BCUT2D eigenvalue weighted by Gasteiger charge is 2.40. The van der Waals surface area contributed by atoms with E-state index in [1.807, 2.05) is 24.5 Å². The Morgan fingerprint density at radius 3 is 2.71 bits per heavy atom. The molecule has 1 aliphatic rings. The van der Waals surface area contributed by atoms with Crippen LogP contribution in [0.15, 0.2) is 30.5 Å². The molecule has 1 fully saturated rings. The number of ether oxygens (including phenoxy) is 1. The lowest BCUT2D eigenvalue weighted by atomic mass is 9.82. The Balaban J connectivity index is 1.92. The molecule has 5 rings (SSSR count). The quantitative estimate of drug-likeness (QED) is 0.355. The summed E-state index contributed by atoms with van der Waals surface area (Å²) in [6.45, 7) is 6.15. The number of benzene rings is 2. The second-order valence-electron chi connectivity index (χ2n) is 10.3. The van der Waals surface area contributed by atoms with E-state index < -0.39 is 23.1 Å². The van der Waals surface area contributed by atoms with E-state index in [2.05, 4.69) is 10.2 Å². The summed E-state index contributed by atoms with van der Waals surface area (Å²) in [7, 11) is 1.63. The van der Waals surface area contributed by atoms with Gasteiger partial charge in [-0.3, -0.25) is 9.89 Å². The maximum absolute atomic E-state index is 16.2. The Morgan fingerprint density at radius 1 is 1.29 bits per heavy atom. The molecule has 0 radical (unpaired) electrons. The fourth-order valence-corrected chi connectivity index (χ4v) is 5.83. The van der Waals surface area contributed by atoms with E-state index >= 15 is 4.39 Å². The summed E-state index contributed by atoms with van der Waals surface area (Å²) in [6, 6.07) is 6.78. The van der Waals surface area contributed by atoms with Crippen molar-refractivity contribution in [1.29, 1.82) is 0 Å². The van der Waals surface area contributed by atoms with Gasteiger partial charge in [0.15, 0.2) is 5.82 Å². The molecule has 8 heteroatoms. The predicted octanol–water partition coefficient (Wildman–Crippen LogP) is 5.99. The molecule has 2 heterocycles. The molecular formula is C27H29F2N3O3. The van der Waals surface area contributed by atoms with Gasteiger partial charge in [-0.2, -0.15) is 5.10 Å². The Kier molecular flexibility index (Phi) is 5.67. The Labute approximate surface area is 201 Å². The summed E-state index contributed by atoms with van der Waals surface area (Å²) in [6.07, 6.45) is 3.21. The minimum atomic E-state index is -0.820. The molecule has 0 amide bonds. The normalized spacial score (nSPS) is 18.7. The van der Waals surface area contributed by atoms with Gasteiger partial charge in [0.1, 0.15) is 11.3 Å². The smallest absolute Gasteiger partial charge is 0.306 e. The number of nitrogens with zero attached hydrogens (tertiary/aromatic N) is 2. The molecular weight excluding hydrogens is 452 g/mol. The molecule has 0 aliphatic heterocycles. The maximum Gasteiger partial charge on any atom is 0.306 e. The average Bonchev–Trinajstić information content (AvgIpc) is 3.52. The third kappa shape index (κ3) is 3.71. The van der Waals surface area contributed by atoms with Crippen LogP contribution in [0.5, 0.6) is 0 Å². The number of aryl methyl sites for hydroxylation is 1. The van der Waals surface area contributed by atoms with E-state index in [4.69, 9.17) is 4.74 Å². The van der Waals surface area contributed by atoms with E-state index in [1.54, 1.807) is 32.4 Å². The summed E-state index contributed by atoms with van der Waals surface area (Å²) in [5, 5.41) is 17.6. The van der Waals surface area contributed by atoms with Crippen molar-refractivity contribution in [3.8, 4) is 5.69 Å². The number of hydrogen-bond donors (Lipinski definition) is 2. The van der Waals surface area contributed by atoms with Crippen molar-refractivity contribution in [2.75, 3.05) is 13.7 Å². The molecule has 35 heavy (non-hydrogen) atoms. The standard InChI is InChI=1S/C27H29F2N3O3/c1-14-9-18(7-8-19(14)28)32-20-11-17-12-30-31-24(17)23(29)22(20)21(25(32)27(2,3)13-35-4)15-5-6-16(10-15)26(33)34/h7-9,11-12,15-16H,5-6,10,13H2,1-4H3,(H,30,31)(H,33,34)/t15-,16-/m1/s1. The van der Waals surface area contributed by atoms with Crippen molar-refractivity contribution < 1.29 is 23.4 Å². The van der Waals surface area contributed by atoms with Gasteiger partial charge in [-0.05, 0) is 67.5 Å². The number of carbonyl (C=O) groups is 1.